The second kappa shape index (κ2) is 5.82. The van der Waals surface area contributed by atoms with Gasteiger partial charge < -0.3 is 0 Å². The van der Waals surface area contributed by atoms with Crippen LogP contribution in [0.3, 0.4) is 0 Å². The van der Waals surface area contributed by atoms with Gasteiger partial charge >= 0.3 is 115 Å². The molecule has 18 heavy (non-hydrogen) atoms. The van der Waals surface area contributed by atoms with Gasteiger partial charge in [0.25, 0.3) is 0 Å². The van der Waals surface area contributed by atoms with Gasteiger partial charge in [0, 0.05) is 0 Å². The minimum atomic E-state index is -1.43. The molecule has 0 aliphatic heterocycles. The molecule has 0 nitrogen and oxygen atoms in total. The van der Waals surface area contributed by atoms with Gasteiger partial charge in [-0.3, -0.25) is 0 Å². The molecule has 2 fully saturated rings. The first-order valence-corrected chi connectivity index (χ1v) is 12.0. The fourth-order valence-corrected chi connectivity index (χ4v) is 12.1. The number of hydrogen-bond acceptors (Lipinski definition) is 0. The molecule has 0 unspecified atom stereocenters. The Bertz CT molecular complexity index is 235. The van der Waals surface area contributed by atoms with Crippen LogP contribution in [0.5, 0.6) is 0 Å². The van der Waals surface area contributed by atoms with Crippen LogP contribution in [0.1, 0.15) is 77.6 Å². The molecular formula is C17H35P. The van der Waals surface area contributed by atoms with Crippen LogP contribution in [0.2, 0.25) is 0 Å². The Labute approximate surface area is 115 Å². The molecular weight excluding hydrogens is 235 g/mol. The van der Waals surface area contributed by atoms with Crippen LogP contribution in [-0.4, -0.2) is 30.8 Å². The Kier molecular flexibility index (Phi) is 4.80. The van der Waals surface area contributed by atoms with Gasteiger partial charge in [-0.15, -0.1) is 0 Å². The molecule has 0 spiro atoms. The third-order valence-electron chi connectivity index (χ3n) is 6.48. The van der Waals surface area contributed by atoms with Gasteiger partial charge in [-0.05, 0) is 0 Å². The molecule has 2 saturated carbocycles. The predicted molar refractivity (Wildman–Crippen MR) is 87.7 cm³/mol. The summed E-state index contributed by atoms with van der Waals surface area (Å²) in [6, 6.07) is 0. The van der Waals surface area contributed by atoms with Crippen molar-refractivity contribution in [2.24, 2.45) is 0 Å². The summed E-state index contributed by atoms with van der Waals surface area (Å²) in [6.45, 7) is 6.61. The molecule has 0 radical (unpaired) electrons. The summed E-state index contributed by atoms with van der Waals surface area (Å²) >= 11 is 0. The van der Waals surface area contributed by atoms with Gasteiger partial charge in [0.2, 0.25) is 0 Å². The first-order chi connectivity index (χ1) is 8.57. The molecule has 108 valence electrons. The quantitative estimate of drug-likeness (QED) is 0.560. The average molecular weight is 270 g/mol. The fraction of sp³-hybridized carbons (Fsp3) is 1.00. The third kappa shape index (κ3) is 2.79. The van der Waals surface area contributed by atoms with Crippen molar-refractivity contribution >= 4 is 6.60 Å². The maximum atomic E-state index is 2.81. The van der Waals surface area contributed by atoms with Crippen molar-refractivity contribution in [2.45, 2.75) is 88.9 Å². The van der Waals surface area contributed by atoms with E-state index in [1.54, 1.807) is 31.8 Å². The summed E-state index contributed by atoms with van der Waals surface area (Å²) in [6.07, 6.45) is 18.4. The summed E-state index contributed by atoms with van der Waals surface area (Å²) in [5.41, 5.74) is 2.26. The van der Waals surface area contributed by atoms with E-state index in [0.717, 1.165) is 11.3 Å². The first kappa shape index (κ1) is 14.8. The fourth-order valence-electron chi connectivity index (χ4n) is 5.23. The molecule has 0 aromatic heterocycles. The third-order valence-corrected chi connectivity index (χ3v) is 14.2. The van der Waals surface area contributed by atoms with Gasteiger partial charge in [-0.25, -0.2) is 0 Å². The summed E-state index contributed by atoms with van der Waals surface area (Å²) in [5, 5.41) is 0. The van der Waals surface area contributed by atoms with E-state index >= 15 is 0 Å². The van der Waals surface area contributed by atoms with Crippen molar-refractivity contribution in [3.63, 3.8) is 0 Å². The van der Waals surface area contributed by atoms with Crippen LogP contribution >= 0.6 is 6.60 Å². The molecule has 2 rings (SSSR count). The zero-order valence-corrected chi connectivity index (χ0v) is 14.0. The zero-order chi connectivity index (χ0) is 13.1. The van der Waals surface area contributed by atoms with E-state index in [4.69, 9.17) is 0 Å². The van der Waals surface area contributed by atoms with Crippen molar-refractivity contribution < 1.29 is 0 Å². The van der Waals surface area contributed by atoms with Crippen molar-refractivity contribution in [3.05, 3.63) is 0 Å². The molecule has 1 heteroatoms. The van der Waals surface area contributed by atoms with Crippen LogP contribution in [0.4, 0.5) is 0 Å². The Morgan fingerprint density at radius 2 is 1.11 bits per heavy atom. The van der Waals surface area contributed by atoms with Crippen molar-refractivity contribution in [1.29, 1.82) is 0 Å². The van der Waals surface area contributed by atoms with Gasteiger partial charge in [-0.1, -0.05) is 0 Å². The van der Waals surface area contributed by atoms with Gasteiger partial charge in [-0.2, -0.15) is 0 Å². The van der Waals surface area contributed by atoms with E-state index in [0.29, 0.717) is 0 Å². The average Bonchev–Trinajstić information content (AvgIpc) is 2.41. The van der Waals surface area contributed by atoms with Crippen molar-refractivity contribution in [3.8, 4) is 0 Å². The molecule has 0 atom stereocenters. The second-order valence-electron chi connectivity index (χ2n) is 7.93. The van der Waals surface area contributed by atoms with E-state index in [-0.39, 0.29) is 0 Å². The summed E-state index contributed by atoms with van der Waals surface area (Å²) in [7, 11) is 0. The van der Waals surface area contributed by atoms with E-state index < -0.39 is 6.60 Å². The molecule has 0 aromatic rings. The standard InChI is InChI=1S/C17H35P/c1-4-15-18(2,3,16-11-7-5-8-12-16)17-13-9-6-10-14-17/h16-17H,4-15H2,1-3H3. The van der Waals surface area contributed by atoms with Crippen molar-refractivity contribution in [1.82, 2.24) is 0 Å². The van der Waals surface area contributed by atoms with Crippen LogP contribution in [0.15, 0.2) is 0 Å². The number of hydrogen-bond donors (Lipinski definition) is 0. The van der Waals surface area contributed by atoms with Gasteiger partial charge in [0.05, 0.1) is 0 Å². The SMILES string of the molecule is CCCP(C)(C)(C1CCCCC1)C1CCCCC1. The summed E-state index contributed by atoms with van der Waals surface area (Å²) < 4.78 is 0. The normalized spacial score (nSPS) is 26.7. The van der Waals surface area contributed by atoms with Gasteiger partial charge in [0.15, 0.2) is 0 Å². The molecule has 0 amide bonds. The molecule has 2 aliphatic rings. The predicted octanol–water partition coefficient (Wildman–Crippen LogP) is 5.87. The maximum absolute atomic E-state index is 2.81. The molecule has 0 N–H and O–H groups in total. The summed E-state index contributed by atoms with van der Waals surface area (Å²) in [4.78, 5) is 0. The van der Waals surface area contributed by atoms with E-state index in [9.17, 15) is 0 Å². The molecule has 0 heterocycles. The van der Waals surface area contributed by atoms with Crippen LogP contribution in [0, 0.1) is 0 Å². The molecule has 0 aromatic carbocycles. The minimum absolute atomic E-state index is 1.13. The summed E-state index contributed by atoms with van der Waals surface area (Å²) in [5.74, 6) is 0. The Morgan fingerprint density at radius 3 is 1.44 bits per heavy atom. The van der Waals surface area contributed by atoms with E-state index in [1.807, 2.05) is 0 Å². The van der Waals surface area contributed by atoms with Crippen LogP contribution in [-0.2, 0) is 0 Å². The Morgan fingerprint density at radius 1 is 0.722 bits per heavy atom. The number of rotatable bonds is 4. The second-order valence-corrected chi connectivity index (χ2v) is 15.1. The Hall–Kier alpha value is 0.430. The van der Waals surface area contributed by atoms with Gasteiger partial charge in [0.1, 0.15) is 0 Å². The molecule has 2 aliphatic carbocycles. The van der Waals surface area contributed by atoms with Crippen LogP contribution in [0.25, 0.3) is 0 Å². The molecule has 0 bridgehead atoms. The van der Waals surface area contributed by atoms with Crippen LogP contribution < -0.4 is 0 Å². The topological polar surface area (TPSA) is 0 Å². The Balaban J connectivity index is 2.20. The monoisotopic (exact) mass is 270 g/mol. The van der Waals surface area contributed by atoms with Crippen molar-refractivity contribution in [2.75, 3.05) is 19.5 Å². The zero-order valence-electron chi connectivity index (χ0n) is 13.1. The van der Waals surface area contributed by atoms with E-state index in [2.05, 4.69) is 20.3 Å². The first-order valence-electron chi connectivity index (χ1n) is 8.57. The van der Waals surface area contributed by atoms with E-state index in [1.165, 1.54) is 44.9 Å². The molecule has 0 saturated heterocycles.